The molecular formula is C17H16F3N3O2S. The summed E-state index contributed by atoms with van der Waals surface area (Å²) in [6.45, 7) is 0. The van der Waals surface area contributed by atoms with Gasteiger partial charge in [-0.1, -0.05) is 18.2 Å². The van der Waals surface area contributed by atoms with Gasteiger partial charge in [0.1, 0.15) is 0 Å². The Hall–Kier alpha value is -2.81. The van der Waals surface area contributed by atoms with Gasteiger partial charge in [0.15, 0.2) is 16.6 Å². The van der Waals surface area contributed by atoms with E-state index in [-0.39, 0.29) is 10.8 Å². The normalized spacial score (nSPS) is 11.3. The number of ether oxygens (including phenoxy) is 2. The third kappa shape index (κ3) is 4.85. The number of thiocarbonyl (C=S) groups is 1. The van der Waals surface area contributed by atoms with Crippen molar-refractivity contribution in [1.29, 1.82) is 0 Å². The number of hydrogen-bond donors (Lipinski definition) is 2. The fourth-order valence-corrected chi connectivity index (χ4v) is 2.33. The Labute approximate surface area is 153 Å². The smallest absolute Gasteiger partial charge is 0.418 e. The van der Waals surface area contributed by atoms with Gasteiger partial charge >= 0.3 is 6.18 Å². The molecule has 5 nitrogen and oxygen atoms in total. The van der Waals surface area contributed by atoms with Crippen LogP contribution in [-0.4, -0.2) is 25.5 Å². The van der Waals surface area contributed by atoms with Gasteiger partial charge in [-0.2, -0.15) is 18.3 Å². The summed E-state index contributed by atoms with van der Waals surface area (Å²) in [4.78, 5) is 0. The fourth-order valence-electron chi connectivity index (χ4n) is 2.16. The minimum atomic E-state index is -4.49. The number of nitrogens with zero attached hydrogens (tertiary/aromatic N) is 1. The number of halogens is 3. The summed E-state index contributed by atoms with van der Waals surface area (Å²) >= 11 is 4.98. The van der Waals surface area contributed by atoms with Gasteiger partial charge in [-0.25, -0.2) is 0 Å². The van der Waals surface area contributed by atoms with Gasteiger partial charge in [0.25, 0.3) is 0 Å². The van der Waals surface area contributed by atoms with Crippen LogP contribution >= 0.6 is 12.2 Å². The van der Waals surface area contributed by atoms with Crippen LogP contribution in [0.5, 0.6) is 11.5 Å². The van der Waals surface area contributed by atoms with Crippen LogP contribution in [-0.2, 0) is 6.18 Å². The predicted octanol–water partition coefficient (Wildman–Crippen LogP) is 4.04. The second kappa shape index (κ2) is 8.52. The van der Waals surface area contributed by atoms with E-state index < -0.39 is 11.7 Å². The van der Waals surface area contributed by atoms with Crippen molar-refractivity contribution in [1.82, 2.24) is 5.43 Å². The summed E-state index contributed by atoms with van der Waals surface area (Å²) in [6, 6.07) is 10.2. The molecule has 0 unspecified atom stereocenters. The van der Waals surface area contributed by atoms with Crippen LogP contribution in [0.3, 0.4) is 0 Å². The lowest BCUT2D eigenvalue weighted by Gasteiger charge is -2.14. The number of alkyl halides is 3. The summed E-state index contributed by atoms with van der Waals surface area (Å²) < 4.78 is 49.3. The Morgan fingerprint density at radius 3 is 2.46 bits per heavy atom. The van der Waals surface area contributed by atoms with E-state index in [4.69, 9.17) is 21.7 Å². The van der Waals surface area contributed by atoms with Crippen molar-refractivity contribution < 1.29 is 22.6 Å². The molecule has 0 aliphatic carbocycles. The van der Waals surface area contributed by atoms with Crippen LogP contribution in [0.1, 0.15) is 11.1 Å². The highest BCUT2D eigenvalue weighted by molar-refractivity contribution is 7.80. The summed E-state index contributed by atoms with van der Waals surface area (Å²) in [5, 5.41) is 6.32. The lowest BCUT2D eigenvalue weighted by atomic mass is 10.2. The predicted molar refractivity (Wildman–Crippen MR) is 97.9 cm³/mol. The highest BCUT2D eigenvalue weighted by atomic mass is 32.1. The molecule has 2 N–H and O–H groups in total. The maximum absolute atomic E-state index is 13.0. The van der Waals surface area contributed by atoms with E-state index in [0.29, 0.717) is 17.1 Å². The molecule has 0 spiro atoms. The van der Waals surface area contributed by atoms with Gasteiger partial charge < -0.3 is 14.8 Å². The second-order valence-corrected chi connectivity index (χ2v) is 5.36. The third-order valence-corrected chi connectivity index (χ3v) is 3.48. The lowest BCUT2D eigenvalue weighted by molar-refractivity contribution is -0.136. The van der Waals surface area contributed by atoms with Crippen LogP contribution in [0.25, 0.3) is 0 Å². The zero-order chi connectivity index (χ0) is 19.2. The van der Waals surface area contributed by atoms with Crippen LogP contribution in [0.4, 0.5) is 18.9 Å². The summed E-state index contributed by atoms with van der Waals surface area (Å²) in [5.41, 5.74) is 2.10. The number of hydrazone groups is 1. The van der Waals surface area contributed by atoms with Crippen LogP contribution in [0, 0.1) is 0 Å². The van der Waals surface area contributed by atoms with Crippen molar-refractivity contribution in [2.75, 3.05) is 19.5 Å². The summed E-state index contributed by atoms with van der Waals surface area (Å²) in [7, 11) is 3.00. The van der Waals surface area contributed by atoms with Crippen LogP contribution in [0.2, 0.25) is 0 Å². The first-order valence-electron chi connectivity index (χ1n) is 7.34. The van der Waals surface area contributed by atoms with E-state index in [1.807, 2.05) is 0 Å². The first-order chi connectivity index (χ1) is 12.4. The highest BCUT2D eigenvalue weighted by Crippen LogP contribution is 2.34. The maximum Gasteiger partial charge on any atom is 0.418 e. The van der Waals surface area contributed by atoms with Crippen molar-refractivity contribution in [3.05, 3.63) is 53.6 Å². The van der Waals surface area contributed by atoms with Crippen LogP contribution < -0.4 is 20.2 Å². The molecule has 0 saturated heterocycles. The zero-order valence-corrected chi connectivity index (χ0v) is 14.7. The molecule has 0 bridgehead atoms. The molecule has 9 heteroatoms. The van der Waals surface area contributed by atoms with Crippen molar-refractivity contribution in [3.63, 3.8) is 0 Å². The molecule has 2 rings (SSSR count). The number of methoxy groups -OCH3 is 2. The first kappa shape index (κ1) is 19.5. The van der Waals surface area contributed by atoms with Gasteiger partial charge in [0.2, 0.25) is 0 Å². The molecule has 2 aromatic rings. The van der Waals surface area contributed by atoms with Gasteiger partial charge in [0.05, 0.1) is 31.7 Å². The summed E-state index contributed by atoms with van der Waals surface area (Å²) in [5.74, 6) is 0.998. The molecule has 0 amide bonds. The molecule has 0 fully saturated rings. The Kier molecular flexibility index (Phi) is 6.40. The topological polar surface area (TPSA) is 54.9 Å². The Morgan fingerprint density at radius 2 is 1.81 bits per heavy atom. The van der Waals surface area contributed by atoms with Crippen molar-refractivity contribution >= 4 is 29.2 Å². The van der Waals surface area contributed by atoms with E-state index >= 15 is 0 Å². The zero-order valence-electron chi connectivity index (χ0n) is 13.9. The molecule has 0 saturated carbocycles. The molecule has 0 aliphatic heterocycles. The SMILES string of the molecule is COc1cccc(/C=N\NC(=S)Nc2ccccc2C(F)(F)F)c1OC. The molecule has 0 aromatic heterocycles. The number of anilines is 1. The molecule has 138 valence electrons. The molecule has 0 aliphatic rings. The first-order valence-corrected chi connectivity index (χ1v) is 7.75. The average molecular weight is 383 g/mol. The number of hydrogen-bond acceptors (Lipinski definition) is 4. The van der Waals surface area contributed by atoms with Crippen LogP contribution in [0.15, 0.2) is 47.6 Å². The molecular weight excluding hydrogens is 367 g/mol. The van der Waals surface area contributed by atoms with E-state index in [1.165, 1.54) is 38.6 Å². The van der Waals surface area contributed by atoms with E-state index in [9.17, 15) is 13.2 Å². The summed E-state index contributed by atoms with van der Waals surface area (Å²) in [6.07, 6.45) is -3.07. The second-order valence-electron chi connectivity index (χ2n) is 4.95. The number of para-hydroxylation sites is 2. The highest BCUT2D eigenvalue weighted by Gasteiger charge is 2.33. The molecule has 26 heavy (non-hydrogen) atoms. The minimum absolute atomic E-state index is 0.0835. The minimum Gasteiger partial charge on any atom is -0.493 e. The Morgan fingerprint density at radius 1 is 1.08 bits per heavy atom. The number of benzene rings is 2. The molecule has 0 atom stereocenters. The molecule has 0 heterocycles. The average Bonchev–Trinajstić information content (AvgIpc) is 2.61. The molecule has 0 radical (unpaired) electrons. The quantitative estimate of drug-likeness (QED) is 0.464. The number of nitrogens with one attached hydrogen (secondary N) is 2. The van der Waals surface area contributed by atoms with Gasteiger partial charge in [-0.05, 0) is 36.5 Å². The largest absolute Gasteiger partial charge is 0.493 e. The van der Waals surface area contributed by atoms with Gasteiger partial charge in [0, 0.05) is 5.56 Å². The third-order valence-electron chi connectivity index (χ3n) is 3.28. The van der Waals surface area contributed by atoms with Crippen molar-refractivity contribution in [2.24, 2.45) is 5.10 Å². The standard InChI is InChI=1S/C17H16F3N3O2S/c1-24-14-9-5-6-11(15(14)25-2)10-21-23-16(26)22-13-8-4-3-7-12(13)17(18,19)20/h3-10H,1-2H3,(H2,22,23,26)/b21-10-. The number of rotatable bonds is 5. The van der Waals surface area contributed by atoms with Crippen molar-refractivity contribution in [3.8, 4) is 11.5 Å². The van der Waals surface area contributed by atoms with E-state index in [1.54, 1.807) is 18.2 Å². The fraction of sp³-hybridized carbons (Fsp3) is 0.176. The Balaban J connectivity index is 2.08. The van der Waals surface area contributed by atoms with Gasteiger partial charge in [-0.3, -0.25) is 5.43 Å². The van der Waals surface area contributed by atoms with E-state index in [2.05, 4.69) is 15.8 Å². The lowest BCUT2D eigenvalue weighted by Crippen LogP contribution is -2.25. The van der Waals surface area contributed by atoms with Crippen molar-refractivity contribution in [2.45, 2.75) is 6.18 Å². The van der Waals surface area contributed by atoms with Gasteiger partial charge in [-0.15, -0.1) is 0 Å². The Bertz CT molecular complexity index is 810. The monoisotopic (exact) mass is 383 g/mol. The van der Waals surface area contributed by atoms with E-state index in [0.717, 1.165) is 6.07 Å². The molecule has 2 aromatic carbocycles. The maximum atomic E-state index is 13.0.